The van der Waals surface area contributed by atoms with Gasteiger partial charge in [-0.05, 0) is 49.6 Å². The van der Waals surface area contributed by atoms with Gasteiger partial charge < -0.3 is 10.2 Å². The number of hydrogen-bond donors (Lipinski definition) is 1. The maximum Gasteiger partial charge on any atom is 0.243 e. The highest BCUT2D eigenvalue weighted by Crippen LogP contribution is 2.25. The van der Waals surface area contributed by atoms with Gasteiger partial charge in [-0.25, -0.2) is 0 Å². The third-order valence-electron chi connectivity index (χ3n) is 5.05. The molecule has 0 aliphatic rings. The molecule has 2 atom stereocenters. The molecule has 0 heterocycles. The lowest BCUT2D eigenvalue weighted by Crippen LogP contribution is -2.50. The molecule has 0 aliphatic heterocycles. The number of halogens is 2. The predicted octanol–water partition coefficient (Wildman–Crippen LogP) is 6.20. The third kappa shape index (κ3) is 8.06. The molecule has 7 heteroatoms. The molecule has 2 aromatic rings. The van der Waals surface area contributed by atoms with Gasteiger partial charge >= 0.3 is 0 Å². The van der Waals surface area contributed by atoms with Crippen LogP contribution in [0.1, 0.15) is 45.6 Å². The number of hydrogen-bond acceptors (Lipinski definition) is 3. The molecule has 0 aromatic heterocycles. The van der Waals surface area contributed by atoms with E-state index >= 15 is 0 Å². The van der Waals surface area contributed by atoms with Gasteiger partial charge in [-0.1, -0.05) is 61.3 Å². The second-order valence-electron chi connectivity index (χ2n) is 7.42. The molecule has 168 valence electrons. The van der Waals surface area contributed by atoms with Crippen LogP contribution in [0.2, 0.25) is 10.0 Å². The summed E-state index contributed by atoms with van der Waals surface area (Å²) >= 11 is 13.8. The Hall–Kier alpha value is -1.69. The van der Waals surface area contributed by atoms with Gasteiger partial charge in [0.05, 0.1) is 10.0 Å². The molecule has 0 bridgehead atoms. The molecule has 0 fully saturated rings. The number of carbonyl (C=O) groups excluding carboxylic acids is 2. The van der Waals surface area contributed by atoms with Crippen molar-refractivity contribution in [2.45, 2.75) is 63.6 Å². The number of nitrogens with one attached hydrogen (secondary N) is 1. The Morgan fingerprint density at radius 1 is 1.03 bits per heavy atom. The summed E-state index contributed by atoms with van der Waals surface area (Å²) in [7, 11) is 0. The van der Waals surface area contributed by atoms with Crippen molar-refractivity contribution in [2.75, 3.05) is 5.75 Å². The summed E-state index contributed by atoms with van der Waals surface area (Å²) in [6.45, 7) is 6.21. The summed E-state index contributed by atoms with van der Waals surface area (Å²) in [6, 6.07) is 14.8. The van der Waals surface area contributed by atoms with Crippen molar-refractivity contribution in [2.24, 2.45) is 0 Å². The fraction of sp³-hybridized carbons (Fsp3) is 0.417. The molecule has 1 N–H and O–H groups in total. The van der Waals surface area contributed by atoms with E-state index in [4.69, 9.17) is 23.2 Å². The van der Waals surface area contributed by atoms with Crippen LogP contribution in [0.4, 0.5) is 0 Å². The first-order valence-corrected chi connectivity index (χ1v) is 12.3. The molecular weight excluding hydrogens is 451 g/mol. The normalized spacial score (nSPS) is 12.8. The minimum atomic E-state index is -0.544. The van der Waals surface area contributed by atoms with Crippen LogP contribution >= 0.6 is 35.0 Å². The molecular formula is C24H30Cl2N2O2S. The van der Waals surface area contributed by atoms with E-state index in [2.05, 4.69) is 5.32 Å². The number of rotatable bonds is 11. The highest BCUT2D eigenvalue weighted by Gasteiger charge is 2.29. The van der Waals surface area contributed by atoms with Gasteiger partial charge in [0.15, 0.2) is 0 Å². The lowest BCUT2D eigenvalue weighted by Gasteiger charge is -2.31. The first-order chi connectivity index (χ1) is 14.8. The van der Waals surface area contributed by atoms with E-state index in [-0.39, 0.29) is 17.9 Å². The molecule has 2 rings (SSSR count). The van der Waals surface area contributed by atoms with Crippen LogP contribution in [0.25, 0.3) is 0 Å². The maximum atomic E-state index is 13.2. The van der Waals surface area contributed by atoms with Crippen LogP contribution in [-0.2, 0) is 16.1 Å². The highest BCUT2D eigenvalue weighted by atomic mass is 35.5. The molecule has 0 radical (unpaired) electrons. The van der Waals surface area contributed by atoms with E-state index in [1.807, 2.05) is 57.2 Å². The topological polar surface area (TPSA) is 49.4 Å². The van der Waals surface area contributed by atoms with Gasteiger partial charge in [0.2, 0.25) is 11.8 Å². The molecule has 0 spiro atoms. The highest BCUT2D eigenvalue weighted by molar-refractivity contribution is 7.99. The zero-order chi connectivity index (χ0) is 22.8. The van der Waals surface area contributed by atoms with Crippen molar-refractivity contribution in [3.63, 3.8) is 0 Å². The standard InChI is InChI=1S/C24H30Cl2N2O2S/c1-4-17(3)27-24(30)22(5-2)28(16-18-11-12-20(25)21(26)15-18)23(29)13-14-31-19-9-7-6-8-10-19/h6-12,15,17,22H,4-5,13-14,16H2,1-3H3,(H,27,30). The van der Waals surface area contributed by atoms with Gasteiger partial charge in [0.1, 0.15) is 6.04 Å². The maximum absolute atomic E-state index is 13.2. The summed E-state index contributed by atoms with van der Waals surface area (Å²) in [4.78, 5) is 28.9. The number of nitrogens with zero attached hydrogens (tertiary/aromatic N) is 1. The van der Waals surface area contributed by atoms with Gasteiger partial charge in [-0.3, -0.25) is 9.59 Å². The summed E-state index contributed by atoms with van der Waals surface area (Å²) in [5.74, 6) is 0.464. The van der Waals surface area contributed by atoms with Crippen LogP contribution in [0.3, 0.4) is 0 Å². The summed E-state index contributed by atoms with van der Waals surface area (Å²) in [6.07, 6.45) is 1.70. The average Bonchev–Trinajstić information content (AvgIpc) is 2.76. The fourth-order valence-corrected chi connectivity index (χ4v) is 4.29. The van der Waals surface area contributed by atoms with Gasteiger partial charge in [0.25, 0.3) is 0 Å². The minimum absolute atomic E-state index is 0.0529. The van der Waals surface area contributed by atoms with Gasteiger partial charge in [-0.15, -0.1) is 11.8 Å². The van der Waals surface area contributed by atoms with Crippen LogP contribution < -0.4 is 5.32 Å². The lowest BCUT2D eigenvalue weighted by molar-refractivity contribution is -0.141. The molecule has 4 nitrogen and oxygen atoms in total. The van der Waals surface area contributed by atoms with Crippen molar-refractivity contribution < 1.29 is 9.59 Å². The second-order valence-corrected chi connectivity index (χ2v) is 9.41. The van der Waals surface area contributed by atoms with Crippen molar-refractivity contribution in [1.82, 2.24) is 10.2 Å². The van der Waals surface area contributed by atoms with E-state index in [0.29, 0.717) is 35.2 Å². The monoisotopic (exact) mass is 480 g/mol. The Balaban J connectivity index is 2.17. The number of thioether (sulfide) groups is 1. The van der Waals surface area contributed by atoms with Gasteiger partial charge in [0, 0.05) is 29.7 Å². The SMILES string of the molecule is CCC(C)NC(=O)C(CC)N(Cc1ccc(Cl)c(Cl)c1)C(=O)CCSc1ccccc1. The zero-order valence-electron chi connectivity index (χ0n) is 18.2. The summed E-state index contributed by atoms with van der Waals surface area (Å²) < 4.78 is 0. The van der Waals surface area contributed by atoms with Crippen molar-refractivity contribution in [3.8, 4) is 0 Å². The third-order valence-corrected chi connectivity index (χ3v) is 6.80. The fourth-order valence-electron chi connectivity index (χ4n) is 3.11. The van der Waals surface area contributed by atoms with E-state index in [1.165, 1.54) is 0 Å². The molecule has 0 saturated carbocycles. The van der Waals surface area contributed by atoms with Crippen LogP contribution in [0.5, 0.6) is 0 Å². The first kappa shape index (κ1) is 25.6. The Morgan fingerprint density at radius 3 is 2.35 bits per heavy atom. The molecule has 2 unspecified atom stereocenters. The smallest absolute Gasteiger partial charge is 0.243 e. The van der Waals surface area contributed by atoms with Gasteiger partial charge in [-0.2, -0.15) is 0 Å². The molecule has 2 aromatic carbocycles. The molecule has 31 heavy (non-hydrogen) atoms. The summed E-state index contributed by atoms with van der Waals surface area (Å²) in [5.41, 5.74) is 0.841. The van der Waals surface area contributed by atoms with Crippen LogP contribution in [0.15, 0.2) is 53.4 Å². The predicted molar refractivity (Wildman–Crippen MR) is 131 cm³/mol. The Labute approximate surface area is 199 Å². The minimum Gasteiger partial charge on any atom is -0.352 e. The molecule has 0 aliphatic carbocycles. The van der Waals surface area contributed by atoms with E-state index in [0.717, 1.165) is 16.9 Å². The van der Waals surface area contributed by atoms with Crippen molar-refractivity contribution in [1.29, 1.82) is 0 Å². The number of amides is 2. The Morgan fingerprint density at radius 2 is 1.74 bits per heavy atom. The largest absolute Gasteiger partial charge is 0.352 e. The Bertz CT molecular complexity index is 864. The van der Waals surface area contributed by atoms with Crippen LogP contribution in [0, 0.1) is 0 Å². The van der Waals surface area contributed by atoms with E-state index < -0.39 is 6.04 Å². The zero-order valence-corrected chi connectivity index (χ0v) is 20.6. The number of carbonyl (C=O) groups is 2. The molecule has 2 amide bonds. The summed E-state index contributed by atoms with van der Waals surface area (Å²) in [5, 5.41) is 3.91. The van der Waals surface area contributed by atoms with Crippen molar-refractivity contribution >= 4 is 46.8 Å². The first-order valence-electron chi connectivity index (χ1n) is 10.6. The molecule has 0 saturated heterocycles. The van der Waals surface area contributed by atoms with E-state index in [1.54, 1.807) is 28.8 Å². The quantitative estimate of drug-likeness (QED) is 0.389. The average molecular weight is 481 g/mol. The Kier molecular flexibility index (Phi) is 10.7. The second kappa shape index (κ2) is 13.0. The van der Waals surface area contributed by atoms with E-state index in [9.17, 15) is 9.59 Å². The number of benzene rings is 2. The van der Waals surface area contributed by atoms with Crippen LogP contribution in [-0.4, -0.2) is 34.6 Å². The lowest BCUT2D eigenvalue weighted by atomic mass is 10.1. The van der Waals surface area contributed by atoms with Crippen molar-refractivity contribution in [3.05, 3.63) is 64.1 Å².